The van der Waals surface area contributed by atoms with Crippen molar-refractivity contribution in [1.29, 1.82) is 0 Å². The Balaban J connectivity index is 2.06. The number of aliphatic hydroxyl groups is 1. The van der Waals surface area contributed by atoms with Gasteiger partial charge in [0.15, 0.2) is 0 Å². The Kier molecular flexibility index (Phi) is 5.50. The molecule has 1 aromatic rings. The van der Waals surface area contributed by atoms with Crippen molar-refractivity contribution in [1.82, 2.24) is 0 Å². The Bertz CT molecular complexity index is 439. The lowest BCUT2D eigenvalue weighted by atomic mass is 9.84. The van der Waals surface area contributed by atoms with Gasteiger partial charge in [-0.15, -0.1) is 0 Å². The average Bonchev–Trinajstić information content (AvgIpc) is 2.46. The van der Waals surface area contributed by atoms with Crippen molar-refractivity contribution in [2.45, 2.75) is 58.1 Å². The van der Waals surface area contributed by atoms with Crippen LogP contribution in [0.2, 0.25) is 0 Å². The molecule has 1 aromatic carbocycles. The maximum absolute atomic E-state index is 9.70. The maximum Gasteiger partial charge on any atom is 0.0772 e. The first-order valence-electron chi connectivity index (χ1n) is 7.73. The minimum absolute atomic E-state index is 0.427. The lowest BCUT2D eigenvalue weighted by molar-refractivity contribution is 0.198. The number of nitrogens with zero attached hydrogens (tertiary/aromatic N) is 1. The van der Waals surface area contributed by atoms with Crippen LogP contribution in [0.25, 0.3) is 0 Å². The van der Waals surface area contributed by atoms with Gasteiger partial charge in [0.25, 0.3) is 0 Å². The summed E-state index contributed by atoms with van der Waals surface area (Å²) in [5, 5.41) is 9.70. The van der Waals surface area contributed by atoms with Crippen LogP contribution >= 0.6 is 15.9 Å². The van der Waals surface area contributed by atoms with Crippen LogP contribution in [0.5, 0.6) is 0 Å². The molecule has 112 valence electrons. The minimum Gasteiger partial charge on any atom is -0.389 e. The molecule has 2 rings (SSSR count). The smallest absolute Gasteiger partial charge is 0.0772 e. The number of benzene rings is 1. The highest BCUT2D eigenvalue weighted by atomic mass is 79.9. The molecule has 0 aliphatic heterocycles. The van der Waals surface area contributed by atoms with E-state index in [-0.39, 0.29) is 0 Å². The van der Waals surface area contributed by atoms with Crippen LogP contribution in [-0.4, -0.2) is 18.2 Å². The van der Waals surface area contributed by atoms with Gasteiger partial charge in [-0.25, -0.2) is 0 Å². The average molecular weight is 340 g/mol. The summed E-state index contributed by atoms with van der Waals surface area (Å²) < 4.78 is 0.999. The van der Waals surface area contributed by atoms with Crippen LogP contribution in [0, 0.1) is 5.92 Å². The van der Waals surface area contributed by atoms with Crippen molar-refractivity contribution >= 4 is 21.6 Å². The highest BCUT2D eigenvalue weighted by Gasteiger charge is 2.23. The third-order valence-electron chi connectivity index (χ3n) is 4.78. The van der Waals surface area contributed by atoms with E-state index in [0.29, 0.717) is 6.04 Å². The predicted molar refractivity (Wildman–Crippen MR) is 89.2 cm³/mol. The van der Waals surface area contributed by atoms with Crippen LogP contribution in [0.1, 0.15) is 57.6 Å². The fraction of sp³-hybridized carbons (Fsp3) is 0.647. The molecule has 0 spiro atoms. The first kappa shape index (κ1) is 15.8. The molecule has 1 N–H and O–H groups in total. The summed E-state index contributed by atoms with van der Waals surface area (Å²) in [4.78, 5) is 2.41. The lowest BCUT2D eigenvalue weighted by Gasteiger charge is -2.36. The van der Waals surface area contributed by atoms with Gasteiger partial charge in [0.1, 0.15) is 0 Å². The predicted octanol–water partition coefficient (Wildman–Crippen LogP) is 4.91. The summed E-state index contributed by atoms with van der Waals surface area (Å²) in [6, 6.07) is 6.94. The number of hydrogen-bond acceptors (Lipinski definition) is 2. The van der Waals surface area contributed by atoms with E-state index in [0.717, 1.165) is 16.0 Å². The first-order valence-corrected chi connectivity index (χ1v) is 8.52. The number of hydrogen-bond donors (Lipinski definition) is 1. The summed E-state index contributed by atoms with van der Waals surface area (Å²) in [6.45, 7) is 4.11. The second kappa shape index (κ2) is 6.95. The molecule has 0 saturated heterocycles. The Morgan fingerprint density at radius 1 is 1.30 bits per heavy atom. The normalized spacial score (nSPS) is 24.4. The van der Waals surface area contributed by atoms with Crippen molar-refractivity contribution in [2.24, 2.45) is 5.92 Å². The zero-order chi connectivity index (χ0) is 14.7. The topological polar surface area (TPSA) is 23.5 Å². The molecule has 0 bridgehead atoms. The third kappa shape index (κ3) is 3.56. The molecule has 1 saturated carbocycles. The third-order valence-corrected chi connectivity index (χ3v) is 5.47. The molecule has 20 heavy (non-hydrogen) atoms. The van der Waals surface area contributed by atoms with E-state index < -0.39 is 6.10 Å². The molecule has 0 unspecified atom stereocenters. The molecular formula is C17H26BrNO. The van der Waals surface area contributed by atoms with E-state index in [9.17, 15) is 5.11 Å². The van der Waals surface area contributed by atoms with Gasteiger partial charge in [-0.1, -0.05) is 35.3 Å². The van der Waals surface area contributed by atoms with Crippen LogP contribution < -0.4 is 4.90 Å². The summed E-state index contributed by atoms with van der Waals surface area (Å²) in [5.41, 5.74) is 2.19. The van der Waals surface area contributed by atoms with Crippen molar-refractivity contribution in [3.63, 3.8) is 0 Å². The van der Waals surface area contributed by atoms with Crippen LogP contribution in [-0.2, 0) is 0 Å². The number of anilines is 1. The quantitative estimate of drug-likeness (QED) is 0.842. The maximum atomic E-state index is 9.70. The highest BCUT2D eigenvalue weighted by molar-refractivity contribution is 9.10. The van der Waals surface area contributed by atoms with Gasteiger partial charge in [-0.3, -0.25) is 0 Å². The Labute approximate surface area is 131 Å². The molecule has 3 heteroatoms. The number of halogens is 1. The van der Waals surface area contributed by atoms with Crippen molar-refractivity contribution in [3.8, 4) is 0 Å². The molecule has 1 aliphatic rings. The van der Waals surface area contributed by atoms with Gasteiger partial charge in [0, 0.05) is 23.2 Å². The Morgan fingerprint density at radius 3 is 2.45 bits per heavy atom. The molecule has 2 nitrogen and oxygen atoms in total. The van der Waals surface area contributed by atoms with Gasteiger partial charge in [0.05, 0.1) is 6.10 Å². The van der Waals surface area contributed by atoms with Gasteiger partial charge in [-0.2, -0.15) is 0 Å². The molecule has 1 aliphatic carbocycles. The zero-order valence-corrected chi connectivity index (χ0v) is 14.4. The molecule has 0 radical (unpaired) electrons. The highest BCUT2D eigenvalue weighted by Crippen LogP contribution is 2.33. The minimum atomic E-state index is -0.427. The molecule has 0 amide bonds. The molecule has 0 heterocycles. The molecule has 1 fully saturated rings. The molecular weight excluding hydrogens is 314 g/mol. The standard InChI is InChI=1S/C17H26BrNO/c1-4-13-5-7-14(8-6-13)19(3)15-9-10-16(12(2)20)17(18)11-15/h9-14,20H,4-8H2,1-3H3/t12-,13?,14?/m1/s1. The van der Waals surface area contributed by atoms with E-state index >= 15 is 0 Å². The van der Waals surface area contributed by atoms with Crippen LogP contribution in [0.4, 0.5) is 5.69 Å². The fourth-order valence-corrected chi connectivity index (χ4v) is 3.92. The van der Waals surface area contributed by atoms with Crippen LogP contribution in [0.15, 0.2) is 22.7 Å². The van der Waals surface area contributed by atoms with Crippen molar-refractivity contribution in [3.05, 3.63) is 28.2 Å². The summed E-state index contributed by atoms with van der Waals surface area (Å²) in [6.07, 6.45) is 6.21. The molecule has 0 aromatic heterocycles. The van der Waals surface area contributed by atoms with Gasteiger partial charge >= 0.3 is 0 Å². The largest absolute Gasteiger partial charge is 0.389 e. The Hall–Kier alpha value is -0.540. The summed E-state index contributed by atoms with van der Waals surface area (Å²) >= 11 is 3.57. The number of aliphatic hydroxyl groups excluding tert-OH is 1. The second-order valence-corrected chi connectivity index (χ2v) is 6.93. The fourth-order valence-electron chi connectivity index (χ4n) is 3.23. The van der Waals surface area contributed by atoms with E-state index in [1.807, 2.05) is 6.07 Å². The van der Waals surface area contributed by atoms with E-state index in [2.05, 4.69) is 46.9 Å². The first-order chi connectivity index (χ1) is 9.52. The monoisotopic (exact) mass is 339 g/mol. The van der Waals surface area contributed by atoms with Crippen molar-refractivity contribution in [2.75, 3.05) is 11.9 Å². The lowest BCUT2D eigenvalue weighted by Crippen LogP contribution is -2.35. The van der Waals surface area contributed by atoms with Gasteiger partial charge in [0.2, 0.25) is 0 Å². The van der Waals surface area contributed by atoms with E-state index in [1.54, 1.807) is 6.92 Å². The van der Waals surface area contributed by atoms with Crippen LogP contribution in [0.3, 0.4) is 0 Å². The van der Waals surface area contributed by atoms with E-state index in [4.69, 9.17) is 0 Å². The van der Waals surface area contributed by atoms with E-state index in [1.165, 1.54) is 37.8 Å². The SMILES string of the molecule is CCC1CCC(N(C)c2ccc([C@@H](C)O)c(Br)c2)CC1. The summed E-state index contributed by atoms with van der Waals surface area (Å²) in [7, 11) is 2.20. The zero-order valence-electron chi connectivity index (χ0n) is 12.8. The number of rotatable bonds is 4. The second-order valence-electron chi connectivity index (χ2n) is 6.08. The molecule has 1 atom stereocenters. The van der Waals surface area contributed by atoms with Gasteiger partial charge in [-0.05, 0) is 56.2 Å². The van der Waals surface area contributed by atoms with Gasteiger partial charge < -0.3 is 10.0 Å². The Morgan fingerprint density at radius 2 is 1.95 bits per heavy atom. The van der Waals surface area contributed by atoms with Crippen molar-refractivity contribution < 1.29 is 5.11 Å². The summed E-state index contributed by atoms with van der Waals surface area (Å²) in [5.74, 6) is 0.934.